The molecule has 0 saturated carbocycles. The minimum atomic E-state index is -0.216. The Bertz CT molecular complexity index is 1200. The molecule has 1 amide bonds. The van der Waals surface area contributed by atoms with Crippen LogP contribution >= 0.6 is 15.9 Å². The van der Waals surface area contributed by atoms with Crippen LogP contribution in [-0.4, -0.2) is 37.0 Å². The number of rotatable bonds is 3. The molecule has 3 heterocycles. The number of benzene rings is 3. The van der Waals surface area contributed by atoms with Gasteiger partial charge in [0.1, 0.15) is 0 Å². The molecule has 2 N–H and O–H groups in total. The average Bonchev–Trinajstić information content (AvgIpc) is 3.33. The van der Waals surface area contributed by atoms with Crippen LogP contribution in [0.5, 0.6) is 0 Å². The molecule has 2 fully saturated rings. The van der Waals surface area contributed by atoms with Crippen molar-refractivity contribution in [3.63, 3.8) is 0 Å². The van der Waals surface area contributed by atoms with Crippen LogP contribution in [0.25, 0.3) is 0 Å². The number of piperidine rings is 1. The Labute approximate surface area is 216 Å². The Kier molecular flexibility index (Phi) is 6.25. The van der Waals surface area contributed by atoms with E-state index >= 15 is 0 Å². The van der Waals surface area contributed by atoms with Crippen molar-refractivity contribution in [2.45, 2.75) is 36.8 Å². The lowest BCUT2D eigenvalue weighted by Gasteiger charge is -2.45. The van der Waals surface area contributed by atoms with E-state index in [0.29, 0.717) is 11.8 Å². The van der Waals surface area contributed by atoms with E-state index in [1.54, 1.807) is 0 Å². The van der Waals surface area contributed by atoms with Crippen molar-refractivity contribution in [3.8, 4) is 0 Å². The Hall–Kier alpha value is -2.47. The van der Waals surface area contributed by atoms with Gasteiger partial charge in [0.05, 0.1) is 12.0 Å². The number of hydrogen-bond donors (Lipinski definition) is 2. The van der Waals surface area contributed by atoms with E-state index in [0.717, 1.165) is 50.0 Å². The molecule has 4 nitrogen and oxygen atoms in total. The highest BCUT2D eigenvalue weighted by Gasteiger charge is 2.52. The number of fused-ring (bicyclic) bond motifs is 2. The van der Waals surface area contributed by atoms with E-state index in [9.17, 15) is 4.79 Å². The Morgan fingerprint density at radius 2 is 1.60 bits per heavy atom. The fourth-order valence-corrected chi connectivity index (χ4v) is 7.22. The highest BCUT2D eigenvalue weighted by Crippen LogP contribution is 2.45. The molecule has 5 heteroatoms. The summed E-state index contributed by atoms with van der Waals surface area (Å²) in [5.74, 6) is 0.682. The standard InChI is InChI=1S/C30H32BrN3O/c31-27-13-7-12-25-24(27)17-32-19-30(25)20-33-18-26(30)29(35)34-15-14-23(21-8-3-1-4-9-21)16-28(34)22-10-5-2-6-11-22/h1-13,23,26,28,32-33H,14-20H2/t23-,26+,28+,30+/m1/s1. The van der Waals surface area contributed by atoms with Gasteiger partial charge in [0.2, 0.25) is 5.91 Å². The summed E-state index contributed by atoms with van der Waals surface area (Å²) in [4.78, 5) is 16.7. The Morgan fingerprint density at radius 1 is 0.886 bits per heavy atom. The lowest BCUT2D eigenvalue weighted by Crippen LogP contribution is -2.54. The number of nitrogens with zero attached hydrogens (tertiary/aromatic N) is 1. The largest absolute Gasteiger partial charge is 0.335 e. The lowest BCUT2D eigenvalue weighted by atomic mass is 9.68. The van der Waals surface area contributed by atoms with Crippen molar-refractivity contribution >= 4 is 21.8 Å². The first-order valence-electron chi connectivity index (χ1n) is 12.8. The molecule has 4 atom stereocenters. The third kappa shape index (κ3) is 4.04. The molecule has 35 heavy (non-hydrogen) atoms. The molecule has 180 valence electrons. The second-order valence-corrected chi connectivity index (χ2v) is 11.2. The van der Waals surface area contributed by atoms with Gasteiger partial charge in [0, 0.05) is 42.6 Å². The molecule has 0 aromatic heterocycles. The quantitative estimate of drug-likeness (QED) is 0.492. The summed E-state index contributed by atoms with van der Waals surface area (Å²) in [6.07, 6.45) is 1.97. The molecule has 3 aliphatic heterocycles. The zero-order valence-corrected chi connectivity index (χ0v) is 21.5. The van der Waals surface area contributed by atoms with Gasteiger partial charge in [0.15, 0.2) is 0 Å². The predicted molar refractivity (Wildman–Crippen MR) is 143 cm³/mol. The van der Waals surface area contributed by atoms with Gasteiger partial charge in [-0.25, -0.2) is 0 Å². The van der Waals surface area contributed by atoms with Crippen LogP contribution in [0.2, 0.25) is 0 Å². The summed E-state index contributed by atoms with van der Waals surface area (Å²) in [7, 11) is 0. The second kappa shape index (κ2) is 9.53. The molecular formula is C30H32BrN3O. The van der Waals surface area contributed by atoms with Crippen LogP contribution in [0.3, 0.4) is 0 Å². The van der Waals surface area contributed by atoms with Gasteiger partial charge in [-0.3, -0.25) is 4.79 Å². The number of halogens is 1. The number of nitrogens with one attached hydrogen (secondary N) is 2. The van der Waals surface area contributed by atoms with Gasteiger partial charge in [0.25, 0.3) is 0 Å². The number of amides is 1. The third-order valence-electron chi connectivity index (χ3n) is 8.49. The minimum Gasteiger partial charge on any atom is -0.335 e. The molecule has 3 aromatic carbocycles. The van der Waals surface area contributed by atoms with Gasteiger partial charge >= 0.3 is 0 Å². The van der Waals surface area contributed by atoms with Crippen LogP contribution < -0.4 is 10.6 Å². The second-order valence-electron chi connectivity index (χ2n) is 10.3. The van der Waals surface area contributed by atoms with Crippen molar-refractivity contribution in [2.24, 2.45) is 5.92 Å². The van der Waals surface area contributed by atoms with Gasteiger partial charge < -0.3 is 15.5 Å². The van der Waals surface area contributed by atoms with E-state index in [1.807, 2.05) is 0 Å². The van der Waals surface area contributed by atoms with Crippen molar-refractivity contribution in [1.82, 2.24) is 15.5 Å². The van der Waals surface area contributed by atoms with Gasteiger partial charge in [-0.15, -0.1) is 0 Å². The Balaban J connectivity index is 1.35. The highest BCUT2D eigenvalue weighted by atomic mass is 79.9. The third-order valence-corrected chi connectivity index (χ3v) is 9.24. The summed E-state index contributed by atoms with van der Waals surface area (Å²) < 4.78 is 1.13. The van der Waals surface area contributed by atoms with Crippen molar-refractivity contribution in [2.75, 3.05) is 26.2 Å². The average molecular weight is 531 g/mol. The lowest BCUT2D eigenvalue weighted by molar-refractivity contribution is -0.141. The first kappa shape index (κ1) is 23.0. The molecule has 0 aliphatic carbocycles. The molecule has 2 saturated heterocycles. The van der Waals surface area contributed by atoms with Gasteiger partial charge in [-0.2, -0.15) is 0 Å². The molecule has 0 unspecified atom stereocenters. The SMILES string of the molecule is O=C([C@@H]1CNC[C@]12CNCc1c(Br)cccc12)N1CC[C@@H](c2ccccc2)C[C@H]1c1ccccc1. The van der Waals surface area contributed by atoms with Crippen molar-refractivity contribution in [3.05, 3.63) is 106 Å². The fraction of sp³-hybridized carbons (Fsp3) is 0.367. The number of carbonyl (C=O) groups excluding carboxylic acids is 1. The van der Waals surface area contributed by atoms with Crippen LogP contribution in [0.15, 0.2) is 83.3 Å². The molecule has 6 rings (SSSR count). The summed E-state index contributed by atoms with van der Waals surface area (Å²) in [6.45, 7) is 4.02. The van der Waals surface area contributed by atoms with Gasteiger partial charge in [-0.05, 0) is 47.1 Å². The molecule has 1 spiro atoms. The maximum atomic E-state index is 14.4. The molecule has 0 radical (unpaired) electrons. The fourth-order valence-electron chi connectivity index (χ4n) is 6.71. The monoisotopic (exact) mass is 529 g/mol. The van der Waals surface area contributed by atoms with Crippen molar-refractivity contribution in [1.29, 1.82) is 0 Å². The maximum absolute atomic E-state index is 14.4. The zero-order chi connectivity index (χ0) is 23.8. The number of carbonyl (C=O) groups is 1. The summed E-state index contributed by atoms with van der Waals surface area (Å²) in [5, 5.41) is 7.23. The summed E-state index contributed by atoms with van der Waals surface area (Å²) in [5.41, 5.74) is 5.03. The van der Waals surface area contributed by atoms with E-state index in [4.69, 9.17) is 0 Å². The normalized spacial score (nSPS) is 28.1. The molecular weight excluding hydrogens is 498 g/mol. The molecule has 3 aromatic rings. The van der Waals surface area contributed by atoms with Crippen LogP contribution in [0.4, 0.5) is 0 Å². The van der Waals surface area contributed by atoms with E-state index < -0.39 is 0 Å². The minimum absolute atomic E-state index is 0.0807. The summed E-state index contributed by atoms with van der Waals surface area (Å²) >= 11 is 3.76. The predicted octanol–water partition coefficient (Wildman–Crippen LogP) is 5.16. The highest BCUT2D eigenvalue weighted by molar-refractivity contribution is 9.10. The zero-order valence-electron chi connectivity index (χ0n) is 19.9. The van der Waals surface area contributed by atoms with Crippen LogP contribution in [0.1, 0.15) is 47.1 Å². The topological polar surface area (TPSA) is 44.4 Å². The maximum Gasteiger partial charge on any atom is 0.228 e. The first-order chi connectivity index (χ1) is 17.2. The molecule has 3 aliphatic rings. The van der Waals surface area contributed by atoms with Crippen LogP contribution in [-0.2, 0) is 16.8 Å². The first-order valence-corrected chi connectivity index (χ1v) is 13.6. The van der Waals surface area contributed by atoms with Gasteiger partial charge in [-0.1, -0.05) is 88.7 Å². The summed E-state index contributed by atoms with van der Waals surface area (Å²) in [6, 6.07) is 28.0. The van der Waals surface area contributed by atoms with Crippen molar-refractivity contribution < 1.29 is 4.79 Å². The number of hydrogen-bond acceptors (Lipinski definition) is 3. The van der Waals surface area contributed by atoms with E-state index in [2.05, 4.69) is 110 Å². The van der Waals surface area contributed by atoms with E-state index in [-0.39, 0.29) is 17.4 Å². The van der Waals surface area contributed by atoms with Crippen LogP contribution in [0, 0.1) is 5.92 Å². The molecule has 0 bridgehead atoms. The Morgan fingerprint density at radius 3 is 2.37 bits per heavy atom. The smallest absolute Gasteiger partial charge is 0.228 e. The van der Waals surface area contributed by atoms with E-state index in [1.165, 1.54) is 22.3 Å². The number of likely N-dealkylation sites (tertiary alicyclic amines) is 1.